The van der Waals surface area contributed by atoms with E-state index in [2.05, 4.69) is 12.2 Å². The van der Waals surface area contributed by atoms with Crippen molar-refractivity contribution in [3.63, 3.8) is 0 Å². The normalized spacial score (nSPS) is 12.1. The third-order valence-corrected chi connectivity index (χ3v) is 4.86. The minimum atomic E-state index is -0.383. The lowest BCUT2D eigenvalue weighted by Crippen LogP contribution is -2.22. The van der Waals surface area contributed by atoms with Crippen LogP contribution >= 0.6 is 0 Å². The zero-order chi connectivity index (χ0) is 19.2. The first-order valence-electron chi connectivity index (χ1n) is 9.56. The van der Waals surface area contributed by atoms with E-state index in [0.717, 1.165) is 36.6 Å². The molecule has 0 saturated carbocycles. The van der Waals surface area contributed by atoms with Crippen LogP contribution in [0.4, 0.5) is 5.69 Å². The summed E-state index contributed by atoms with van der Waals surface area (Å²) in [5.41, 5.74) is 2.10. The highest BCUT2D eigenvalue weighted by molar-refractivity contribution is 5.95. The average Bonchev–Trinajstić information content (AvgIpc) is 2.68. The first-order chi connectivity index (χ1) is 13.1. The summed E-state index contributed by atoms with van der Waals surface area (Å²) in [5, 5.41) is 3.78. The lowest BCUT2D eigenvalue weighted by Gasteiger charge is -2.14. The molecule has 1 amide bonds. The monoisotopic (exact) mass is 363 g/mol. The Balaban J connectivity index is 1.86. The van der Waals surface area contributed by atoms with E-state index in [1.165, 1.54) is 0 Å². The van der Waals surface area contributed by atoms with Gasteiger partial charge in [0.05, 0.1) is 5.56 Å². The molecular formula is C23H25NO3. The predicted molar refractivity (Wildman–Crippen MR) is 110 cm³/mol. The standard InChI is InChI=1S/C23H25NO3/c1-3-5-9-16(4-2)22(25)24-19-13-12-18-14-20(17-10-7-6-8-11-17)23(26)27-21(18)15-19/h6-8,10-16H,3-5,9H2,1-2H3,(H,24,25). The van der Waals surface area contributed by atoms with E-state index < -0.39 is 0 Å². The Morgan fingerprint density at radius 2 is 1.85 bits per heavy atom. The topological polar surface area (TPSA) is 59.3 Å². The fourth-order valence-corrected chi connectivity index (χ4v) is 3.22. The van der Waals surface area contributed by atoms with Gasteiger partial charge in [0.1, 0.15) is 5.58 Å². The van der Waals surface area contributed by atoms with Gasteiger partial charge in [0, 0.05) is 23.1 Å². The number of amides is 1. The molecule has 4 heteroatoms. The molecule has 1 N–H and O–H groups in total. The van der Waals surface area contributed by atoms with Crippen molar-refractivity contribution in [2.24, 2.45) is 5.92 Å². The molecule has 0 bridgehead atoms. The summed E-state index contributed by atoms with van der Waals surface area (Å²) < 4.78 is 5.51. The van der Waals surface area contributed by atoms with Crippen molar-refractivity contribution in [1.29, 1.82) is 0 Å². The maximum absolute atomic E-state index is 12.5. The lowest BCUT2D eigenvalue weighted by molar-refractivity contribution is -0.120. The summed E-state index contributed by atoms with van der Waals surface area (Å²) in [4.78, 5) is 24.9. The van der Waals surface area contributed by atoms with E-state index >= 15 is 0 Å². The molecule has 2 aromatic carbocycles. The number of rotatable bonds is 7. The summed E-state index contributed by atoms with van der Waals surface area (Å²) in [6.07, 6.45) is 3.83. The molecule has 1 atom stereocenters. The Bertz CT molecular complexity index is 976. The fourth-order valence-electron chi connectivity index (χ4n) is 3.22. The van der Waals surface area contributed by atoms with Gasteiger partial charge in [0.25, 0.3) is 0 Å². The lowest BCUT2D eigenvalue weighted by atomic mass is 9.98. The molecule has 0 fully saturated rings. The minimum absolute atomic E-state index is 0.00751. The van der Waals surface area contributed by atoms with Crippen LogP contribution in [0.15, 0.2) is 63.8 Å². The summed E-state index contributed by atoms with van der Waals surface area (Å²) in [6.45, 7) is 4.16. The van der Waals surface area contributed by atoms with Crippen molar-refractivity contribution in [2.45, 2.75) is 39.5 Å². The van der Waals surface area contributed by atoms with Crippen LogP contribution in [-0.2, 0) is 4.79 Å². The Morgan fingerprint density at radius 1 is 1.07 bits per heavy atom. The van der Waals surface area contributed by atoms with Crippen molar-refractivity contribution in [1.82, 2.24) is 0 Å². The Morgan fingerprint density at radius 3 is 2.56 bits per heavy atom. The van der Waals surface area contributed by atoms with E-state index in [9.17, 15) is 9.59 Å². The molecule has 1 aromatic heterocycles. The number of benzene rings is 2. The van der Waals surface area contributed by atoms with Gasteiger partial charge in [-0.3, -0.25) is 4.79 Å². The van der Waals surface area contributed by atoms with E-state index in [1.807, 2.05) is 55.5 Å². The van der Waals surface area contributed by atoms with Crippen molar-refractivity contribution in [2.75, 3.05) is 5.32 Å². The first kappa shape index (κ1) is 18.9. The van der Waals surface area contributed by atoms with Gasteiger partial charge in [-0.1, -0.05) is 57.0 Å². The van der Waals surface area contributed by atoms with Gasteiger partial charge in [-0.05, 0) is 36.6 Å². The van der Waals surface area contributed by atoms with Gasteiger partial charge in [0.15, 0.2) is 0 Å². The Hall–Kier alpha value is -2.88. The van der Waals surface area contributed by atoms with Gasteiger partial charge in [-0.25, -0.2) is 4.79 Å². The quantitative estimate of drug-likeness (QED) is 0.555. The zero-order valence-corrected chi connectivity index (χ0v) is 15.8. The minimum Gasteiger partial charge on any atom is -0.422 e. The van der Waals surface area contributed by atoms with Gasteiger partial charge < -0.3 is 9.73 Å². The second-order valence-corrected chi connectivity index (χ2v) is 6.80. The van der Waals surface area contributed by atoms with E-state index in [4.69, 9.17) is 4.42 Å². The SMILES string of the molecule is CCCCC(CC)C(=O)Nc1ccc2cc(-c3ccccc3)c(=O)oc2c1. The molecule has 3 rings (SSSR count). The summed E-state index contributed by atoms with van der Waals surface area (Å²) in [6, 6.07) is 16.7. The molecule has 27 heavy (non-hydrogen) atoms. The van der Waals surface area contributed by atoms with Crippen LogP contribution in [0.5, 0.6) is 0 Å². The van der Waals surface area contributed by atoms with E-state index in [0.29, 0.717) is 16.8 Å². The Kier molecular flexibility index (Phi) is 6.07. The Labute approximate surface area is 159 Å². The maximum Gasteiger partial charge on any atom is 0.344 e. The highest BCUT2D eigenvalue weighted by Gasteiger charge is 2.16. The largest absolute Gasteiger partial charge is 0.422 e. The third kappa shape index (κ3) is 4.45. The number of carbonyl (C=O) groups is 1. The molecule has 3 aromatic rings. The van der Waals surface area contributed by atoms with Crippen molar-refractivity contribution in [3.8, 4) is 11.1 Å². The predicted octanol–water partition coefficient (Wildman–Crippen LogP) is 5.61. The molecule has 0 aliphatic rings. The molecule has 0 aliphatic heterocycles. The van der Waals surface area contributed by atoms with Crippen molar-refractivity contribution < 1.29 is 9.21 Å². The molecule has 0 radical (unpaired) electrons. The molecule has 0 spiro atoms. The van der Waals surface area contributed by atoms with Gasteiger partial charge in [-0.15, -0.1) is 0 Å². The molecule has 1 unspecified atom stereocenters. The molecule has 0 saturated heterocycles. The number of nitrogens with one attached hydrogen (secondary N) is 1. The number of carbonyl (C=O) groups excluding carboxylic acids is 1. The molecule has 140 valence electrons. The first-order valence-corrected chi connectivity index (χ1v) is 9.56. The highest BCUT2D eigenvalue weighted by Crippen LogP contribution is 2.24. The summed E-state index contributed by atoms with van der Waals surface area (Å²) >= 11 is 0. The molecular weight excluding hydrogens is 338 g/mol. The number of fused-ring (bicyclic) bond motifs is 1. The zero-order valence-electron chi connectivity index (χ0n) is 15.8. The van der Waals surface area contributed by atoms with Crippen LogP contribution in [0.3, 0.4) is 0 Å². The van der Waals surface area contributed by atoms with Crippen LogP contribution in [0, 0.1) is 5.92 Å². The highest BCUT2D eigenvalue weighted by atomic mass is 16.4. The van der Waals surface area contributed by atoms with Crippen LogP contribution in [0.25, 0.3) is 22.1 Å². The van der Waals surface area contributed by atoms with E-state index in [-0.39, 0.29) is 17.5 Å². The molecule has 0 aliphatic carbocycles. The van der Waals surface area contributed by atoms with E-state index in [1.54, 1.807) is 6.07 Å². The van der Waals surface area contributed by atoms with Crippen molar-refractivity contribution in [3.05, 3.63) is 65.0 Å². The van der Waals surface area contributed by atoms with Gasteiger partial charge in [0.2, 0.25) is 5.91 Å². The third-order valence-electron chi connectivity index (χ3n) is 4.86. The van der Waals surface area contributed by atoms with Crippen LogP contribution in [-0.4, -0.2) is 5.91 Å². The smallest absolute Gasteiger partial charge is 0.344 e. The average molecular weight is 363 g/mol. The number of unbranched alkanes of at least 4 members (excludes halogenated alkanes) is 1. The van der Waals surface area contributed by atoms with Crippen molar-refractivity contribution >= 4 is 22.6 Å². The van der Waals surface area contributed by atoms with Crippen LogP contribution in [0.2, 0.25) is 0 Å². The van der Waals surface area contributed by atoms with Gasteiger partial charge >= 0.3 is 5.63 Å². The van der Waals surface area contributed by atoms with Gasteiger partial charge in [-0.2, -0.15) is 0 Å². The second-order valence-electron chi connectivity index (χ2n) is 6.80. The fraction of sp³-hybridized carbons (Fsp3) is 0.304. The summed E-state index contributed by atoms with van der Waals surface area (Å²) in [5.74, 6) is 0.0293. The van der Waals surface area contributed by atoms with Crippen LogP contribution in [0.1, 0.15) is 39.5 Å². The van der Waals surface area contributed by atoms with Crippen LogP contribution < -0.4 is 10.9 Å². The molecule has 4 nitrogen and oxygen atoms in total. The summed E-state index contributed by atoms with van der Waals surface area (Å²) in [7, 11) is 0. The number of hydrogen-bond donors (Lipinski definition) is 1. The second kappa shape index (κ2) is 8.67. The number of anilines is 1. The maximum atomic E-state index is 12.5. The number of hydrogen-bond acceptors (Lipinski definition) is 3. The molecule has 1 heterocycles.